The zero-order chi connectivity index (χ0) is 10.3. The van der Waals surface area contributed by atoms with E-state index in [2.05, 4.69) is 19.9 Å². The molecule has 0 spiro atoms. The zero-order valence-electron chi connectivity index (χ0n) is 7.86. The maximum atomic E-state index is 5.84. The molecule has 5 heteroatoms. The van der Waals surface area contributed by atoms with Crippen LogP contribution in [0.2, 0.25) is 0 Å². The molecule has 0 unspecified atom stereocenters. The lowest BCUT2D eigenvalue weighted by atomic mass is 10.1. The van der Waals surface area contributed by atoms with Crippen LogP contribution in [0.15, 0.2) is 31.0 Å². The first-order valence-electron chi connectivity index (χ1n) is 4.56. The zero-order valence-corrected chi connectivity index (χ0v) is 7.86. The van der Waals surface area contributed by atoms with Crippen LogP contribution >= 0.6 is 0 Å². The first-order chi connectivity index (χ1) is 7.36. The molecule has 0 saturated heterocycles. The Kier molecular flexibility index (Phi) is 1.53. The average Bonchev–Trinajstić information content (AvgIpc) is 2.85. The van der Waals surface area contributed by atoms with E-state index in [9.17, 15) is 0 Å². The van der Waals surface area contributed by atoms with E-state index in [-0.39, 0.29) is 0 Å². The monoisotopic (exact) mass is 199 g/mol. The summed E-state index contributed by atoms with van der Waals surface area (Å²) in [6.07, 6.45) is 6.98. The van der Waals surface area contributed by atoms with Crippen molar-refractivity contribution < 1.29 is 0 Å². The largest absolute Gasteiger partial charge is 0.383 e. The van der Waals surface area contributed by atoms with E-state index in [0.717, 1.165) is 22.2 Å². The fourth-order valence-corrected chi connectivity index (χ4v) is 1.72. The van der Waals surface area contributed by atoms with Gasteiger partial charge in [0.1, 0.15) is 5.82 Å². The Balaban J connectivity index is 2.37. The highest BCUT2D eigenvalue weighted by Crippen LogP contribution is 2.29. The second-order valence-electron chi connectivity index (χ2n) is 3.29. The molecule has 0 atom stereocenters. The molecular weight excluding hydrogens is 190 g/mol. The third-order valence-corrected chi connectivity index (χ3v) is 2.41. The van der Waals surface area contributed by atoms with Gasteiger partial charge in [0.15, 0.2) is 0 Å². The Bertz CT molecular complexity index is 593. The topological polar surface area (TPSA) is 83.4 Å². The lowest BCUT2D eigenvalue weighted by Crippen LogP contribution is -1.90. The van der Waals surface area contributed by atoms with Crippen LogP contribution in [0.25, 0.3) is 22.2 Å². The number of nitrogens with one attached hydrogen (secondary N) is 2. The van der Waals surface area contributed by atoms with Crippen LogP contribution in [0.3, 0.4) is 0 Å². The maximum Gasteiger partial charge on any atom is 0.133 e. The van der Waals surface area contributed by atoms with E-state index in [1.54, 1.807) is 18.7 Å². The SMILES string of the molecule is Nc1nccc2[nH]cc(-c3cnc[nH]3)c12. The highest BCUT2D eigenvalue weighted by molar-refractivity contribution is 6.00. The van der Waals surface area contributed by atoms with Gasteiger partial charge in [0.05, 0.1) is 29.1 Å². The molecule has 5 nitrogen and oxygen atoms in total. The number of nitrogens with two attached hydrogens (primary N) is 1. The van der Waals surface area contributed by atoms with Gasteiger partial charge in [-0.15, -0.1) is 0 Å². The van der Waals surface area contributed by atoms with E-state index in [1.165, 1.54) is 0 Å². The molecule has 0 fully saturated rings. The lowest BCUT2D eigenvalue weighted by molar-refractivity contribution is 1.31. The van der Waals surface area contributed by atoms with Crippen molar-refractivity contribution in [2.45, 2.75) is 0 Å². The molecule has 3 aromatic heterocycles. The number of hydrogen-bond donors (Lipinski definition) is 3. The molecule has 0 radical (unpaired) electrons. The number of nitrogen functional groups attached to an aromatic ring is 1. The first kappa shape index (κ1) is 8.05. The standard InChI is InChI=1S/C10H9N5/c11-10-9-6(8-4-12-5-15-8)3-14-7(9)1-2-13-10/h1-5,14H,(H2,11,13)(H,12,15). The third-order valence-electron chi connectivity index (χ3n) is 2.41. The number of hydrogen-bond acceptors (Lipinski definition) is 3. The number of imidazole rings is 1. The predicted octanol–water partition coefficient (Wildman–Crippen LogP) is 1.54. The molecule has 74 valence electrons. The molecule has 3 rings (SSSR count). The van der Waals surface area contributed by atoms with Crippen molar-refractivity contribution >= 4 is 16.7 Å². The molecule has 0 aliphatic heterocycles. The number of aromatic nitrogens is 4. The fraction of sp³-hybridized carbons (Fsp3) is 0. The molecule has 0 aromatic carbocycles. The number of fused-ring (bicyclic) bond motifs is 1. The van der Waals surface area contributed by atoms with Crippen molar-refractivity contribution in [2.24, 2.45) is 0 Å². The molecule has 3 aromatic rings. The van der Waals surface area contributed by atoms with Crippen molar-refractivity contribution in [1.82, 2.24) is 19.9 Å². The van der Waals surface area contributed by atoms with Crippen molar-refractivity contribution in [3.05, 3.63) is 31.0 Å². The van der Waals surface area contributed by atoms with Crippen LogP contribution in [0.4, 0.5) is 5.82 Å². The Morgan fingerprint density at radius 2 is 2.20 bits per heavy atom. The number of aromatic amines is 2. The lowest BCUT2D eigenvalue weighted by Gasteiger charge is -1.97. The molecule has 0 bridgehead atoms. The summed E-state index contributed by atoms with van der Waals surface area (Å²) in [5, 5.41) is 0.932. The highest BCUT2D eigenvalue weighted by atomic mass is 14.9. The van der Waals surface area contributed by atoms with Gasteiger partial charge >= 0.3 is 0 Å². The molecule has 3 heterocycles. The second kappa shape index (κ2) is 2.84. The molecule has 0 saturated carbocycles. The minimum atomic E-state index is 0.526. The summed E-state index contributed by atoms with van der Waals surface area (Å²) < 4.78 is 0. The van der Waals surface area contributed by atoms with Crippen LogP contribution in [0, 0.1) is 0 Å². The van der Waals surface area contributed by atoms with Crippen LogP contribution < -0.4 is 5.73 Å². The summed E-state index contributed by atoms with van der Waals surface area (Å²) in [5.74, 6) is 0.526. The quantitative estimate of drug-likeness (QED) is 0.555. The van der Waals surface area contributed by atoms with Crippen LogP contribution in [-0.2, 0) is 0 Å². The van der Waals surface area contributed by atoms with Gasteiger partial charge in [-0.3, -0.25) is 0 Å². The van der Waals surface area contributed by atoms with E-state index in [4.69, 9.17) is 5.73 Å². The summed E-state index contributed by atoms with van der Waals surface area (Å²) >= 11 is 0. The van der Waals surface area contributed by atoms with Gasteiger partial charge in [-0.2, -0.15) is 0 Å². The van der Waals surface area contributed by atoms with Gasteiger partial charge in [-0.05, 0) is 6.07 Å². The fourth-order valence-electron chi connectivity index (χ4n) is 1.72. The number of anilines is 1. The summed E-state index contributed by atoms with van der Waals surface area (Å²) in [4.78, 5) is 14.3. The van der Waals surface area contributed by atoms with Gasteiger partial charge in [0, 0.05) is 18.0 Å². The van der Waals surface area contributed by atoms with Crippen molar-refractivity contribution in [3.8, 4) is 11.3 Å². The van der Waals surface area contributed by atoms with Gasteiger partial charge in [-0.25, -0.2) is 9.97 Å². The Morgan fingerprint density at radius 1 is 1.27 bits per heavy atom. The second-order valence-corrected chi connectivity index (χ2v) is 3.29. The number of rotatable bonds is 1. The molecular formula is C10H9N5. The van der Waals surface area contributed by atoms with Crippen molar-refractivity contribution in [1.29, 1.82) is 0 Å². The van der Waals surface area contributed by atoms with E-state index in [1.807, 2.05) is 12.3 Å². The molecule has 0 aliphatic rings. The van der Waals surface area contributed by atoms with Crippen LogP contribution in [0.1, 0.15) is 0 Å². The van der Waals surface area contributed by atoms with Gasteiger partial charge < -0.3 is 15.7 Å². The Morgan fingerprint density at radius 3 is 3.00 bits per heavy atom. The molecule has 0 aliphatic carbocycles. The minimum Gasteiger partial charge on any atom is -0.383 e. The highest BCUT2D eigenvalue weighted by Gasteiger charge is 2.09. The number of H-pyrrole nitrogens is 2. The first-order valence-corrected chi connectivity index (χ1v) is 4.56. The van der Waals surface area contributed by atoms with Crippen molar-refractivity contribution in [3.63, 3.8) is 0 Å². The molecule has 15 heavy (non-hydrogen) atoms. The Labute approximate surface area is 85.4 Å². The maximum absolute atomic E-state index is 5.84. The van der Waals surface area contributed by atoms with Crippen molar-refractivity contribution in [2.75, 3.05) is 5.73 Å². The summed E-state index contributed by atoms with van der Waals surface area (Å²) in [6.45, 7) is 0. The minimum absolute atomic E-state index is 0.526. The summed E-state index contributed by atoms with van der Waals surface area (Å²) in [7, 11) is 0. The normalized spacial score (nSPS) is 10.9. The van der Waals surface area contributed by atoms with Gasteiger partial charge in [-0.1, -0.05) is 0 Å². The Hall–Kier alpha value is -2.30. The number of nitrogens with zero attached hydrogens (tertiary/aromatic N) is 2. The van der Waals surface area contributed by atoms with Gasteiger partial charge in [0.25, 0.3) is 0 Å². The average molecular weight is 199 g/mol. The smallest absolute Gasteiger partial charge is 0.133 e. The van der Waals surface area contributed by atoms with E-state index < -0.39 is 0 Å². The van der Waals surface area contributed by atoms with Gasteiger partial charge in [0.2, 0.25) is 0 Å². The third kappa shape index (κ3) is 1.10. The van der Waals surface area contributed by atoms with E-state index in [0.29, 0.717) is 5.82 Å². The molecule has 4 N–H and O–H groups in total. The van der Waals surface area contributed by atoms with E-state index >= 15 is 0 Å². The van der Waals surface area contributed by atoms with Crippen LogP contribution in [-0.4, -0.2) is 19.9 Å². The summed E-state index contributed by atoms with van der Waals surface area (Å²) in [5.41, 5.74) is 8.75. The number of pyridine rings is 1. The van der Waals surface area contributed by atoms with Crippen LogP contribution in [0.5, 0.6) is 0 Å². The molecule has 0 amide bonds. The predicted molar refractivity (Wildman–Crippen MR) is 58.1 cm³/mol. The summed E-state index contributed by atoms with van der Waals surface area (Å²) in [6, 6.07) is 1.89.